The van der Waals surface area contributed by atoms with Crippen molar-refractivity contribution in [3.63, 3.8) is 0 Å². The maximum atomic E-state index is 5.79. The van der Waals surface area contributed by atoms with Crippen LogP contribution in [0.1, 0.15) is 28.9 Å². The molecular formula is C31H34N4S2+2. The van der Waals surface area contributed by atoms with Crippen molar-refractivity contribution < 1.29 is 9.13 Å². The van der Waals surface area contributed by atoms with E-state index in [4.69, 9.17) is 11.5 Å². The number of nitrogen functional groups attached to an aromatic ring is 2. The van der Waals surface area contributed by atoms with Gasteiger partial charge in [-0.25, -0.2) is 0 Å². The molecule has 0 atom stereocenters. The van der Waals surface area contributed by atoms with Crippen molar-refractivity contribution in [2.75, 3.05) is 23.0 Å². The average Bonchev–Trinajstić information content (AvgIpc) is 2.93. The molecule has 0 saturated heterocycles. The molecule has 2 aromatic carbocycles. The molecule has 0 bridgehead atoms. The van der Waals surface area contributed by atoms with Crippen LogP contribution in [0.5, 0.6) is 0 Å². The van der Waals surface area contributed by atoms with E-state index in [9.17, 15) is 0 Å². The standard InChI is InChI=1S/C31H32N4S2/c32-28-14-8-26(9-15-28)12-18-30-6-1-3-20-34(30)22-5-24-36-37-25-23-35-21-4-2-7-31(35)19-13-27-10-16-29(33)17-11-27/h1-4,6-21,32-33H,5,22-25H2/p+2. The Morgan fingerprint density at radius 3 is 1.57 bits per heavy atom. The number of nitrogens with two attached hydrogens (primary N) is 2. The summed E-state index contributed by atoms with van der Waals surface area (Å²) in [7, 11) is 3.90. The lowest BCUT2D eigenvalue weighted by Gasteiger charge is -2.03. The molecule has 188 valence electrons. The van der Waals surface area contributed by atoms with E-state index in [0.717, 1.165) is 53.5 Å². The smallest absolute Gasteiger partial charge is 0.205 e. The zero-order valence-corrected chi connectivity index (χ0v) is 22.6. The fourth-order valence-corrected chi connectivity index (χ4v) is 5.85. The zero-order valence-electron chi connectivity index (χ0n) is 20.9. The van der Waals surface area contributed by atoms with Crippen LogP contribution in [0.2, 0.25) is 0 Å². The van der Waals surface area contributed by atoms with Gasteiger partial charge in [0.15, 0.2) is 18.9 Å². The molecule has 0 amide bonds. The fourth-order valence-electron chi connectivity index (χ4n) is 3.81. The summed E-state index contributed by atoms with van der Waals surface area (Å²) in [5, 5.41) is 0. The molecule has 0 radical (unpaired) electrons. The topological polar surface area (TPSA) is 59.8 Å². The van der Waals surface area contributed by atoms with Gasteiger partial charge in [-0.1, -0.05) is 45.9 Å². The van der Waals surface area contributed by atoms with E-state index < -0.39 is 0 Å². The summed E-state index contributed by atoms with van der Waals surface area (Å²) < 4.78 is 4.62. The quantitative estimate of drug-likeness (QED) is 0.0993. The van der Waals surface area contributed by atoms with Crippen LogP contribution in [0, 0.1) is 0 Å². The second-order valence-corrected chi connectivity index (χ2v) is 11.3. The van der Waals surface area contributed by atoms with Crippen LogP contribution < -0.4 is 20.6 Å². The molecule has 4 aromatic rings. The van der Waals surface area contributed by atoms with Crippen molar-refractivity contribution in [1.82, 2.24) is 0 Å². The van der Waals surface area contributed by atoms with Gasteiger partial charge >= 0.3 is 0 Å². The van der Waals surface area contributed by atoms with Gasteiger partial charge in [0.05, 0.1) is 5.75 Å². The lowest BCUT2D eigenvalue weighted by Crippen LogP contribution is -2.37. The number of aryl methyl sites for hydroxylation is 2. The SMILES string of the molecule is Nc1ccc(/C=C/c2cccc[n+]2CCCSSCC[n+]2ccccc2/C=C/c2ccc(N)cc2)cc1. The van der Waals surface area contributed by atoms with Crippen molar-refractivity contribution >= 4 is 57.3 Å². The Balaban J connectivity index is 1.20. The molecule has 2 heterocycles. The highest BCUT2D eigenvalue weighted by Gasteiger charge is 2.08. The Morgan fingerprint density at radius 2 is 1.03 bits per heavy atom. The van der Waals surface area contributed by atoms with E-state index in [0.29, 0.717) is 0 Å². The number of pyridine rings is 2. The first-order chi connectivity index (χ1) is 18.2. The lowest BCUT2D eigenvalue weighted by molar-refractivity contribution is -0.698. The number of aromatic nitrogens is 2. The molecule has 2 aromatic heterocycles. The highest BCUT2D eigenvalue weighted by molar-refractivity contribution is 8.76. The van der Waals surface area contributed by atoms with E-state index in [1.54, 1.807) is 0 Å². The molecule has 6 heteroatoms. The van der Waals surface area contributed by atoms with Crippen LogP contribution in [-0.4, -0.2) is 11.5 Å². The maximum absolute atomic E-state index is 5.79. The number of benzene rings is 2. The van der Waals surface area contributed by atoms with Gasteiger partial charge in [-0.2, -0.15) is 9.13 Å². The third kappa shape index (κ3) is 8.85. The summed E-state index contributed by atoms with van der Waals surface area (Å²) in [6, 6.07) is 28.6. The molecular weight excluding hydrogens is 493 g/mol. The predicted octanol–water partition coefficient (Wildman–Crippen LogP) is 6.24. The zero-order chi connectivity index (χ0) is 25.7. The molecule has 4 rings (SSSR count). The molecule has 4 N–H and O–H groups in total. The Labute approximate surface area is 228 Å². The molecule has 0 fully saturated rings. The van der Waals surface area contributed by atoms with E-state index >= 15 is 0 Å². The van der Waals surface area contributed by atoms with Crippen molar-refractivity contribution in [3.8, 4) is 0 Å². The Kier molecular flexibility index (Phi) is 10.3. The molecule has 0 unspecified atom stereocenters. The van der Waals surface area contributed by atoms with E-state index in [1.807, 2.05) is 70.1 Å². The molecule has 0 aliphatic heterocycles. The van der Waals surface area contributed by atoms with Gasteiger partial charge in [0.25, 0.3) is 0 Å². The first-order valence-electron chi connectivity index (χ1n) is 12.5. The van der Waals surface area contributed by atoms with Gasteiger partial charge in [0.2, 0.25) is 11.4 Å². The van der Waals surface area contributed by atoms with Crippen LogP contribution >= 0.6 is 21.6 Å². The summed E-state index contributed by atoms with van der Waals surface area (Å²) in [6.45, 7) is 1.98. The van der Waals surface area contributed by atoms with Crippen LogP contribution in [-0.2, 0) is 13.1 Å². The minimum absolute atomic E-state index is 0.787. The largest absolute Gasteiger partial charge is 0.399 e. The highest BCUT2D eigenvalue weighted by atomic mass is 33.1. The monoisotopic (exact) mass is 526 g/mol. The summed E-state index contributed by atoms with van der Waals surface area (Å²) in [5.41, 5.74) is 17.9. The second kappa shape index (κ2) is 14.3. The van der Waals surface area contributed by atoms with Gasteiger partial charge in [-0.05, 0) is 59.7 Å². The number of nitrogens with zero attached hydrogens (tertiary/aromatic N) is 2. The van der Waals surface area contributed by atoms with E-state index in [1.165, 1.54) is 11.4 Å². The lowest BCUT2D eigenvalue weighted by atomic mass is 10.2. The van der Waals surface area contributed by atoms with E-state index in [2.05, 4.69) is 82.2 Å². The molecule has 0 aliphatic carbocycles. The molecule has 0 aliphatic rings. The first-order valence-corrected chi connectivity index (χ1v) is 14.9. The first kappa shape index (κ1) is 26.6. The van der Waals surface area contributed by atoms with Crippen LogP contribution in [0.25, 0.3) is 24.3 Å². The number of hydrogen-bond acceptors (Lipinski definition) is 4. The van der Waals surface area contributed by atoms with Gasteiger partial charge in [0.1, 0.15) is 6.54 Å². The predicted molar refractivity (Wildman–Crippen MR) is 162 cm³/mol. The summed E-state index contributed by atoms with van der Waals surface area (Å²) in [5.74, 6) is 2.19. The Bertz CT molecular complexity index is 1210. The third-order valence-corrected chi connectivity index (χ3v) is 8.31. The average molecular weight is 527 g/mol. The summed E-state index contributed by atoms with van der Waals surface area (Å²) in [6.07, 6.45) is 14.0. The van der Waals surface area contributed by atoms with Gasteiger partial charge in [-0.3, -0.25) is 0 Å². The highest BCUT2D eigenvalue weighted by Crippen LogP contribution is 2.21. The van der Waals surface area contributed by atoms with Gasteiger partial charge < -0.3 is 11.5 Å². The van der Waals surface area contributed by atoms with E-state index in [-0.39, 0.29) is 0 Å². The Hall–Kier alpha value is -3.48. The minimum Gasteiger partial charge on any atom is -0.399 e. The van der Waals surface area contributed by atoms with Crippen molar-refractivity contribution in [2.45, 2.75) is 19.5 Å². The molecule has 37 heavy (non-hydrogen) atoms. The molecule has 0 saturated carbocycles. The van der Waals surface area contributed by atoms with Gasteiger partial charge in [0, 0.05) is 60.0 Å². The fraction of sp³-hybridized carbons (Fsp3) is 0.161. The third-order valence-electron chi connectivity index (χ3n) is 5.84. The van der Waals surface area contributed by atoms with Crippen molar-refractivity contribution in [1.29, 1.82) is 0 Å². The minimum atomic E-state index is 0.787. The van der Waals surface area contributed by atoms with Gasteiger partial charge in [-0.15, -0.1) is 0 Å². The van der Waals surface area contributed by atoms with Crippen LogP contribution in [0.3, 0.4) is 0 Å². The normalized spacial score (nSPS) is 11.5. The number of rotatable bonds is 12. The van der Waals surface area contributed by atoms with Crippen LogP contribution in [0.4, 0.5) is 11.4 Å². The summed E-state index contributed by atoms with van der Waals surface area (Å²) in [4.78, 5) is 0. The number of anilines is 2. The Morgan fingerprint density at radius 1 is 0.541 bits per heavy atom. The molecule has 0 spiro atoms. The molecule has 4 nitrogen and oxygen atoms in total. The maximum Gasteiger partial charge on any atom is 0.205 e. The number of hydrogen-bond donors (Lipinski definition) is 2. The van der Waals surface area contributed by atoms with Crippen LogP contribution in [0.15, 0.2) is 97.3 Å². The second-order valence-electron chi connectivity index (χ2n) is 8.64. The van der Waals surface area contributed by atoms with Crippen molar-refractivity contribution in [3.05, 3.63) is 120 Å². The van der Waals surface area contributed by atoms with Crippen molar-refractivity contribution in [2.24, 2.45) is 0 Å². The summed E-state index contributed by atoms with van der Waals surface area (Å²) >= 11 is 0.